The summed E-state index contributed by atoms with van der Waals surface area (Å²) in [4.78, 5) is 14.5. The van der Waals surface area contributed by atoms with Crippen molar-refractivity contribution < 1.29 is 9.53 Å². The Morgan fingerprint density at radius 3 is 2.56 bits per heavy atom. The number of carbonyl (C=O) groups excluding carboxylic acids is 1. The summed E-state index contributed by atoms with van der Waals surface area (Å²) >= 11 is 0. The molecule has 3 nitrogen and oxygen atoms in total. The van der Waals surface area contributed by atoms with Crippen LogP contribution >= 0.6 is 0 Å². The lowest BCUT2D eigenvalue weighted by Gasteiger charge is -2.57. The number of carbonyl (C=O) groups is 1. The smallest absolute Gasteiger partial charge is 0.156 e. The lowest BCUT2D eigenvalue weighted by molar-refractivity contribution is -0.114. The van der Waals surface area contributed by atoms with Gasteiger partial charge in [-0.05, 0) is 96.8 Å². The number of benzene rings is 1. The fourth-order valence-electron chi connectivity index (χ4n) is 8.77. The van der Waals surface area contributed by atoms with Crippen LogP contribution in [0.4, 0.5) is 5.69 Å². The van der Waals surface area contributed by atoms with E-state index in [4.69, 9.17) is 4.74 Å². The largest absolute Gasteiger partial charge is 0.378 e. The predicted molar refractivity (Wildman–Crippen MR) is 138 cm³/mol. The van der Waals surface area contributed by atoms with Crippen molar-refractivity contribution in [3.63, 3.8) is 0 Å². The Kier molecular flexibility index (Phi) is 5.05. The van der Waals surface area contributed by atoms with Crippen LogP contribution in [0.1, 0.15) is 70.3 Å². The monoisotopic (exact) mass is 457 g/mol. The molecule has 0 aromatic heterocycles. The fraction of sp³-hybridized carbons (Fsp3) is 0.581. The average molecular weight is 458 g/mol. The van der Waals surface area contributed by atoms with E-state index >= 15 is 0 Å². The molecule has 0 unspecified atom stereocenters. The molecule has 1 heterocycles. The molecule has 0 amide bonds. The van der Waals surface area contributed by atoms with E-state index in [9.17, 15) is 4.79 Å². The van der Waals surface area contributed by atoms with Gasteiger partial charge in [0.15, 0.2) is 5.78 Å². The van der Waals surface area contributed by atoms with Gasteiger partial charge < -0.3 is 9.64 Å². The molecule has 6 atom stereocenters. The number of ether oxygens (including phenoxy) is 1. The first kappa shape index (κ1) is 22.3. The van der Waals surface area contributed by atoms with Gasteiger partial charge in [0.05, 0.1) is 12.2 Å². The van der Waals surface area contributed by atoms with Gasteiger partial charge in [0.1, 0.15) is 0 Å². The van der Waals surface area contributed by atoms with E-state index < -0.39 is 0 Å². The normalized spacial score (nSPS) is 39.1. The maximum absolute atomic E-state index is 12.3. The highest BCUT2D eigenvalue weighted by Gasteiger charge is 2.66. The zero-order valence-corrected chi connectivity index (χ0v) is 21.3. The van der Waals surface area contributed by atoms with Crippen LogP contribution in [-0.2, 0) is 9.53 Å². The first-order valence-corrected chi connectivity index (χ1v) is 13.3. The van der Waals surface area contributed by atoms with Crippen LogP contribution in [0.25, 0.3) is 0 Å². The number of fused-ring (bicyclic) bond motifs is 5. The Balaban J connectivity index is 1.54. The zero-order chi connectivity index (χ0) is 23.8. The number of anilines is 1. The highest BCUT2D eigenvalue weighted by Crippen LogP contribution is 2.70. The minimum Gasteiger partial charge on any atom is -0.378 e. The molecule has 0 bridgehead atoms. The van der Waals surface area contributed by atoms with E-state index in [0.717, 1.165) is 38.7 Å². The van der Waals surface area contributed by atoms with E-state index in [2.05, 4.69) is 63.7 Å². The molecule has 6 rings (SSSR count). The minimum absolute atomic E-state index is 0.0974. The molecule has 1 aliphatic heterocycles. The van der Waals surface area contributed by atoms with E-state index in [1.165, 1.54) is 34.4 Å². The Hall–Kier alpha value is -2.13. The first-order chi connectivity index (χ1) is 16.2. The predicted octanol–water partition coefficient (Wildman–Crippen LogP) is 6.61. The second kappa shape index (κ2) is 7.68. The van der Waals surface area contributed by atoms with Crippen molar-refractivity contribution in [1.82, 2.24) is 0 Å². The van der Waals surface area contributed by atoms with Crippen molar-refractivity contribution in [1.29, 1.82) is 0 Å². The molecule has 1 aromatic carbocycles. The summed E-state index contributed by atoms with van der Waals surface area (Å²) in [5.41, 5.74) is 8.47. The quantitative estimate of drug-likeness (QED) is 0.468. The van der Waals surface area contributed by atoms with Crippen molar-refractivity contribution in [3.8, 4) is 0 Å². The summed E-state index contributed by atoms with van der Waals surface area (Å²) in [6.45, 7) is 10.4. The molecule has 180 valence electrons. The maximum Gasteiger partial charge on any atom is 0.156 e. The Morgan fingerprint density at radius 2 is 1.88 bits per heavy atom. The SMILES string of the molecule is C=C1CCO[C@@]12CC[C@H]1[C@H]3C(=C4CCC(=O)C=C4C[C@@H]3C)[C@@H](c3ccc(N(C)C)cc3)C[C@@]12C. The van der Waals surface area contributed by atoms with E-state index in [1.54, 1.807) is 5.57 Å². The number of hydrogen-bond donors (Lipinski definition) is 0. The van der Waals surface area contributed by atoms with Gasteiger partial charge in [0.2, 0.25) is 0 Å². The molecule has 1 saturated heterocycles. The van der Waals surface area contributed by atoms with Gasteiger partial charge in [0.25, 0.3) is 0 Å². The van der Waals surface area contributed by atoms with Gasteiger partial charge >= 0.3 is 0 Å². The third kappa shape index (κ3) is 2.95. The van der Waals surface area contributed by atoms with Crippen LogP contribution in [-0.4, -0.2) is 32.1 Å². The molecule has 5 aliphatic rings. The molecule has 2 saturated carbocycles. The van der Waals surface area contributed by atoms with Gasteiger partial charge in [-0.1, -0.05) is 38.1 Å². The molecule has 3 fully saturated rings. The summed E-state index contributed by atoms with van der Waals surface area (Å²) < 4.78 is 6.68. The minimum atomic E-state index is -0.159. The highest BCUT2D eigenvalue weighted by molar-refractivity contribution is 5.93. The molecule has 34 heavy (non-hydrogen) atoms. The molecular weight excluding hydrogens is 418 g/mol. The summed E-state index contributed by atoms with van der Waals surface area (Å²) in [7, 11) is 4.21. The number of ketones is 1. The van der Waals surface area contributed by atoms with Gasteiger partial charge in [-0.25, -0.2) is 0 Å². The van der Waals surface area contributed by atoms with Crippen molar-refractivity contribution in [2.75, 3.05) is 25.6 Å². The summed E-state index contributed by atoms with van der Waals surface area (Å²) in [5, 5.41) is 0. The molecular formula is C31H39NO2. The molecule has 0 N–H and O–H groups in total. The number of hydrogen-bond acceptors (Lipinski definition) is 3. The third-order valence-corrected chi connectivity index (χ3v) is 10.3. The molecule has 1 spiro atoms. The summed E-state index contributed by atoms with van der Waals surface area (Å²) in [5.74, 6) is 2.43. The third-order valence-electron chi connectivity index (χ3n) is 10.3. The Labute approximate surface area is 204 Å². The van der Waals surface area contributed by atoms with Gasteiger partial charge in [-0.15, -0.1) is 0 Å². The second-order valence-electron chi connectivity index (χ2n) is 12.1. The van der Waals surface area contributed by atoms with E-state index in [0.29, 0.717) is 35.9 Å². The molecule has 4 aliphatic carbocycles. The van der Waals surface area contributed by atoms with Crippen LogP contribution in [0.5, 0.6) is 0 Å². The number of nitrogens with zero attached hydrogens (tertiary/aromatic N) is 1. The summed E-state index contributed by atoms with van der Waals surface area (Å²) in [6, 6.07) is 9.26. The van der Waals surface area contributed by atoms with Crippen LogP contribution in [0.15, 0.2) is 59.2 Å². The molecule has 3 heteroatoms. The van der Waals surface area contributed by atoms with Crippen molar-refractivity contribution in [2.45, 2.75) is 70.3 Å². The summed E-state index contributed by atoms with van der Waals surface area (Å²) in [6.07, 6.45) is 9.08. The molecule has 1 aromatic rings. The van der Waals surface area contributed by atoms with E-state index in [1.807, 2.05) is 6.08 Å². The van der Waals surface area contributed by atoms with E-state index in [-0.39, 0.29) is 11.0 Å². The van der Waals surface area contributed by atoms with Crippen LogP contribution in [0.2, 0.25) is 0 Å². The van der Waals surface area contributed by atoms with Crippen molar-refractivity contribution >= 4 is 11.5 Å². The number of rotatable bonds is 2. The number of allylic oxidation sites excluding steroid dienone is 4. The fourth-order valence-corrected chi connectivity index (χ4v) is 8.77. The Morgan fingerprint density at radius 1 is 1.12 bits per heavy atom. The van der Waals surface area contributed by atoms with Crippen LogP contribution < -0.4 is 4.90 Å². The van der Waals surface area contributed by atoms with Crippen molar-refractivity contribution in [2.24, 2.45) is 23.2 Å². The highest BCUT2D eigenvalue weighted by atomic mass is 16.5. The van der Waals surface area contributed by atoms with Crippen molar-refractivity contribution in [3.05, 3.63) is 64.8 Å². The lowest BCUT2D eigenvalue weighted by Crippen LogP contribution is -2.53. The lowest BCUT2D eigenvalue weighted by atomic mass is 9.49. The zero-order valence-electron chi connectivity index (χ0n) is 21.3. The van der Waals surface area contributed by atoms with Gasteiger partial charge in [-0.2, -0.15) is 0 Å². The topological polar surface area (TPSA) is 29.5 Å². The average Bonchev–Trinajstić information content (AvgIpc) is 3.33. The Bertz CT molecular complexity index is 1110. The van der Waals surface area contributed by atoms with Gasteiger partial charge in [0, 0.05) is 37.5 Å². The standard InChI is InChI=1S/C31H39NO2/c1-19-16-22-17-24(33)10-11-25(22)29-26(21-6-8-23(9-7-21)32(4)5)18-30(3)27(28(19)29)12-14-31(30)20(2)13-15-34-31/h6-9,17,19,26-28H,2,10-16,18H2,1,3-5H3/t19-,26+,27-,28-,30-,31-/m0/s1. The maximum atomic E-state index is 12.3. The van der Waals surface area contributed by atoms with Gasteiger partial charge in [-0.3, -0.25) is 4.79 Å². The van der Waals surface area contributed by atoms with Crippen LogP contribution in [0, 0.1) is 23.2 Å². The first-order valence-electron chi connectivity index (χ1n) is 13.3. The van der Waals surface area contributed by atoms with Crippen LogP contribution in [0.3, 0.4) is 0 Å². The molecule has 0 radical (unpaired) electrons. The second-order valence-corrected chi connectivity index (χ2v) is 12.1.